The second kappa shape index (κ2) is 4.68. The number of carbonyl (C=O) groups is 1. The zero-order valence-corrected chi connectivity index (χ0v) is 6.61. The summed E-state index contributed by atoms with van der Waals surface area (Å²) < 4.78 is 10.9. The highest BCUT2D eigenvalue weighted by molar-refractivity contribution is 7.85. The highest BCUT2D eigenvalue weighted by Crippen LogP contribution is 1.97. The molecule has 0 fully saturated rings. The van der Waals surface area contributed by atoms with Crippen LogP contribution in [0.25, 0.3) is 0 Å². The normalized spacial score (nSPS) is 16.7. The van der Waals surface area contributed by atoms with Crippen LogP contribution >= 0.6 is 0 Å². The third-order valence-corrected chi connectivity index (χ3v) is 2.82. The Morgan fingerprint density at radius 2 is 2.22 bits per heavy atom. The lowest BCUT2D eigenvalue weighted by Gasteiger charge is -2.03. The van der Waals surface area contributed by atoms with Gasteiger partial charge in [0.05, 0.1) is 0 Å². The lowest BCUT2D eigenvalue weighted by atomic mass is 10.4. The van der Waals surface area contributed by atoms with Gasteiger partial charge in [-0.3, -0.25) is 4.21 Å². The standard InChI is InChI=1S/C6H12O2S/c1-3-9(8)6(2)4-5-7/h5-6H,3-4H2,1-2H3. The smallest absolute Gasteiger partial charge is 0.121 e. The van der Waals surface area contributed by atoms with E-state index in [1.54, 1.807) is 0 Å². The van der Waals surface area contributed by atoms with Crippen LogP contribution in [0.15, 0.2) is 0 Å². The van der Waals surface area contributed by atoms with Crippen molar-refractivity contribution in [3.63, 3.8) is 0 Å². The summed E-state index contributed by atoms with van der Waals surface area (Å²) >= 11 is 0. The number of carbonyl (C=O) groups excluding carboxylic acids is 1. The number of aldehydes is 1. The SMILES string of the molecule is CCS(=O)C(C)CC=O. The first-order valence-electron chi connectivity index (χ1n) is 3.03. The molecular formula is C6H12O2S. The monoisotopic (exact) mass is 148 g/mol. The maximum absolute atomic E-state index is 10.9. The average Bonchev–Trinajstić information content (AvgIpc) is 1.87. The van der Waals surface area contributed by atoms with Crippen LogP contribution in [0.3, 0.4) is 0 Å². The molecule has 0 heterocycles. The van der Waals surface area contributed by atoms with E-state index in [1.807, 2.05) is 13.8 Å². The minimum Gasteiger partial charge on any atom is -0.303 e. The van der Waals surface area contributed by atoms with Gasteiger partial charge in [-0.05, 0) is 0 Å². The van der Waals surface area contributed by atoms with E-state index in [0.29, 0.717) is 12.2 Å². The Morgan fingerprint density at radius 3 is 2.56 bits per heavy atom. The van der Waals surface area contributed by atoms with Gasteiger partial charge in [0.25, 0.3) is 0 Å². The van der Waals surface area contributed by atoms with E-state index in [1.165, 1.54) is 0 Å². The van der Waals surface area contributed by atoms with E-state index in [0.717, 1.165) is 6.29 Å². The Morgan fingerprint density at radius 1 is 1.67 bits per heavy atom. The van der Waals surface area contributed by atoms with Crippen LogP contribution in [0.5, 0.6) is 0 Å². The minimum absolute atomic E-state index is 0.0347. The van der Waals surface area contributed by atoms with Crippen LogP contribution in [0, 0.1) is 0 Å². The fourth-order valence-corrected chi connectivity index (χ4v) is 1.39. The van der Waals surface area contributed by atoms with Crippen LogP contribution in [0.1, 0.15) is 20.3 Å². The van der Waals surface area contributed by atoms with Crippen molar-refractivity contribution in [3.8, 4) is 0 Å². The summed E-state index contributed by atoms with van der Waals surface area (Å²) in [6, 6.07) is 0. The first-order chi connectivity index (χ1) is 4.22. The highest BCUT2D eigenvalue weighted by atomic mass is 32.2. The summed E-state index contributed by atoms with van der Waals surface area (Å²) in [5.74, 6) is 0.648. The van der Waals surface area contributed by atoms with Gasteiger partial charge in [0.2, 0.25) is 0 Å². The van der Waals surface area contributed by atoms with Crippen molar-refractivity contribution >= 4 is 17.1 Å². The van der Waals surface area contributed by atoms with Crippen LogP contribution in [-0.4, -0.2) is 21.5 Å². The van der Waals surface area contributed by atoms with Crippen LogP contribution in [-0.2, 0) is 15.6 Å². The third-order valence-electron chi connectivity index (χ3n) is 1.16. The van der Waals surface area contributed by atoms with Crippen molar-refractivity contribution in [3.05, 3.63) is 0 Å². The summed E-state index contributed by atoms with van der Waals surface area (Å²) in [6.45, 7) is 3.69. The molecule has 0 aliphatic heterocycles. The molecular weight excluding hydrogens is 136 g/mol. The van der Waals surface area contributed by atoms with E-state index < -0.39 is 10.8 Å². The Balaban J connectivity index is 3.58. The second-order valence-electron chi connectivity index (χ2n) is 1.88. The lowest BCUT2D eigenvalue weighted by Crippen LogP contribution is -2.12. The van der Waals surface area contributed by atoms with Gasteiger partial charge in [-0.25, -0.2) is 0 Å². The summed E-state index contributed by atoms with van der Waals surface area (Å²) in [4.78, 5) is 9.90. The molecule has 3 heteroatoms. The first-order valence-corrected chi connectivity index (χ1v) is 4.41. The maximum atomic E-state index is 10.9. The van der Waals surface area contributed by atoms with Crippen molar-refractivity contribution in [2.75, 3.05) is 5.75 Å². The molecule has 0 saturated heterocycles. The zero-order chi connectivity index (χ0) is 7.28. The van der Waals surface area contributed by atoms with Gasteiger partial charge >= 0.3 is 0 Å². The molecule has 0 aliphatic carbocycles. The number of hydrogen-bond acceptors (Lipinski definition) is 2. The Bertz CT molecular complexity index is 112. The molecule has 2 nitrogen and oxygen atoms in total. The van der Waals surface area contributed by atoms with Crippen molar-refractivity contribution in [2.24, 2.45) is 0 Å². The van der Waals surface area contributed by atoms with Gasteiger partial charge in [-0.1, -0.05) is 13.8 Å². The molecule has 0 bridgehead atoms. The summed E-state index contributed by atoms with van der Waals surface area (Å²) in [5, 5.41) is 0.0347. The molecule has 0 spiro atoms. The van der Waals surface area contributed by atoms with Gasteiger partial charge in [0, 0.05) is 28.2 Å². The second-order valence-corrected chi connectivity index (χ2v) is 4.03. The molecule has 0 rings (SSSR count). The fourth-order valence-electron chi connectivity index (χ4n) is 0.527. The largest absolute Gasteiger partial charge is 0.303 e. The lowest BCUT2D eigenvalue weighted by molar-refractivity contribution is -0.107. The molecule has 0 radical (unpaired) electrons. The van der Waals surface area contributed by atoms with Crippen molar-refractivity contribution in [1.29, 1.82) is 0 Å². The molecule has 2 unspecified atom stereocenters. The first kappa shape index (κ1) is 8.82. The average molecular weight is 148 g/mol. The zero-order valence-electron chi connectivity index (χ0n) is 5.79. The van der Waals surface area contributed by atoms with Gasteiger partial charge in [-0.15, -0.1) is 0 Å². The molecule has 0 N–H and O–H groups in total. The molecule has 0 amide bonds. The summed E-state index contributed by atoms with van der Waals surface area (Å²) in [5.41, 5.74) is 0. The Hall–Kier alpha value is -0.180. The molecule has 0 aromatic rings. The molecule has 9 heavy (non-hydrogen) atoms. The topological polar surface area (TPSA) is 34.1 Å². The molecule has 2 atom stereocenters. The molecule has 0 aromatic carbocycles. The minimum atomic E-state index is -0.803. The van der Waals surface area contributed by atoms with E-state index >= 15 is 0 Å². The maximum Gasteiger partial charge on any atom is 0.121 e. The molecule has 0 aliphatic rings. The molecule has 54 valence electrons. The van der Waals surface area contributed by atoms with Gasteiger partial charge in [-0.2, -0.15) is 0 Å². The summed E-state index contributed by atoms with van der Waals surface area (Å²) in [7, 11) is -0.803. The van der Waals surface area contributed by atoms with Crippen LogP contribution in [0.2, 0.25) is 0 Å². The van der Waals surface area contributed by atoms with Gasteiger partial charge in [0.1, 0.15) is 6.29 Å². The summed E-state index contributed by atoms with van der Waals surface area (Å²) in [6.07, 6.45) is 1.23. The van der Waals surface area contributed by atoms with E-state index in [2.05, 4.69) is 0 Å². The Labute approximate surface area is 58.1 Å². The number of hydrogen-bond donors (Lipinski definition) is 0. The van der Waals surface area contributed by atoms with E-state index in [4.69, 9.17) is 0 Å². The van der Waals surface area contributed by atoms with Gasteiger partial charge < -0.3 is 4.79 Å². The number of rotatable bonds is 4. The van der Waals surface area contributed by atoms with E-state index in [-0.39, 0.29) is 5.25 Å². The third kappa shape index (κ3) is 3.40. The Kier molecular flexibility index (Phi) is 4.58. The predicted octanol–water partition coefficient (Wildman–Crippen LogP) is 0.732. The highest BCUT2D eigenvalue weighted by Gasteiger charge is 2.06. The van der Waals surface area contributed by atoms with Crippen molar-refractivity contribution < 1.29 is 9.00 Å². The molecule has 0 saturated carbocycles. The molecule has 0 aromatic heterocycles. The predicted molar refractivity (Wildman–Crippen MR) is 38.8 cm³/mol. The van der Waals surface area contributed by atoms with Crippen molar-refractivity contribution in [1.82, 2.24) is 0 Å². The quantitative estimate of drug-likeness (QED) is 0.551. The van der Waals surface area contributed by atoms with E-state index in [9.17, 15) is 9.00 Å². The fraction of sp³-hybridized carbons (Fsp3) is 0.833. The van der Waals surface area contributed by atoms with Gasteiger partial charge in [0.15, 0.2) is 0 Å². The van der Waals surface area contributed by atoms with Crippen LogP contribution < -0.4 is 0 Å². The van der Waals surface area contributed by atoms with Crippen LogP contribution in [0.4, 0.5) is 0 Å². The van der Waals surface area contributed by atoms with Crippen molar-refractivity contribution in [2.45, 2.75) is 25.5 Å².